The average Bonchev–Trinajstić information content (AvgIpc) is 2.87. The maximum absolute atomic E-state index is 11.9. The quantitative estimate of drug-likeness (QED) is 0.845. The zero-order chi connectivity index (χ0) is 12.4. The van der Waals surface area contributed by atoms with Crippen molar-refractivity contribution in [2.75, 3.05) is 7.05 Å². The molecule has 0 saturated heterocycles. The average molecular weight is 235 g/mol. The molecule has 1 N–H and O–H groups in total. The van der Waals surface area contributed by atoms with Crippen LogP contribution in [-0.4, -0.2) is 38.2 Å². The van der Waals surface area contributed by atoms with Crippen molar-refractivity contribution in [3.05, 3.63) is 29.2 Å². The first-order valence-corrected chi connectivity index (χ1v) is 5.13. The highest BCUT2D eigenvalue weighted by Gasteiger charge is 2.17. The van der Waals surface area contributed by atoms with E-state index in [1.807, 2.05) is 0 Å². The van der Waals surface area contributed by atoms with Crippen molar-refractivity contribution in [2.24, 2.45) is 0 Å². The standard InChI is InChI=1S/C10H13N5O2/c1-6-4-8(14-17-6)5-15(3)10(16)9-11-7(2)12-13-9/h4H,5H2,1-3H3,(H,11,12,13). The van der Waals surface area contributed by atoms with Crippen LogP contribution in [0.5, 0.6) is 0 Å². The van der Waals surface area contributed by atoms with Crippen molar-refractivity contribution < 1.29 is 9.32 Å². The van der Waals surface area contributed by atoms with Crippen LogP contribution in [0.4, 0.5) is 0 Å². The van der Waals surface area contributed by atoms with E-state index < -0.39 is 0 Å². The van der Waals surface area contributed by atoms with Gasteiger partial charge in [0, 0.05) is 13.1 Å². The van der Waals surface area contributed by atoms with Gasteiger partial charge in [0.05, 0.1) is 6.54 Å². The molecule has 2 aromatic rings. The minimum Gasteiger partial charge on any atom is -0.361 e. The molecular formula is C10H13N5O2. The fraction of sp³-hybridized carbons (Fsp3) is 0.400. The lowest BCUT2D eigenvalue weighted by molar-refractivity contribution is 0.0770. The largest absolute Gasteiger partial charge is 0.361 e. The Kier molecular flexibility index (Phi) is 2.90. The first-order chi connectivity index (χ1) is 8.06. The molecule has 0 aliphatic heterocycles. The molecule has 2 heterocycles. The molecular weight excluding hydrogens is 222 g/mol. The number of carbonyl (C=O) groups is 1. The Morgan fingerprint density at radius 1 is 1.53 bits per heavy atom. The van der Waals surface area contributed by atoms with Crippen LogP contribution in [0.15, 0.2) is 10.6 Å². The number of aryl methyl sites for hydroxylation is 2. The summed E-state index contributed by atoms with van der Waals surface area (Å²) >= 11 is 0. The van der Waals surface area contributed by atoms with Gasteiger partial charge < -0.3 is 9.42 Å². The Bertz CT molecular complexity index is 530. The Labute approximate surface area is 97.8 Å². The number of aromatic nitrogens is 4. The number of rotatable bonds is 3. The third kappa shape index (κ3) is 2.49. The van der Waals surface area contributed by atoms with Gasteiger partial charge in [0.25, 0.3) is 5.91 Å². The van der Waals surface area contributed by atoms with Gasteiger partial charge in [-0.2, -0.15) is 0 Å². The summed E-state index contributed by atoms with van der Waals surface area (Å²) in [6.45, 7) is 3.91. The lowest BCUT2D eigenvalue weighted by Crippen LogP contribution is -2.27. The highest BCUT2D eigenvalue weighted by atomic mass is 16.5. The molecule has 0 spiro atoms. The van der Waals surface area contributed by atoms with Crippen LogP contribution in [0.1, 0.15) is 27.9 Å². The van der Waals surface area contributed by atoms with E-state index in [9.17, 15) is 4.79 Å². The summed E-state index contributed by atoms with van der Waals surface area (Å²) in [6, 6.07) is 1.78. The van der Waals surface area contributed by atoms with E-state index >= 15 is 0 Å². The summed E-state index contributed by atoms with van der Waals surface area (Å²) in [4.78, 5) is 17.4. The zero-order valence-corrected chi connectivity index (χ0v) is 9.89. The fourth-order valence-electron chi connectivity index (χ4n) is 1.42. The Hall–Kier alpha value is -2.18. The van der Waals surface area contributed by atoms with Crippen molar-refractivity contribution >= 4 is 5.91 Å². The van der Waals surface area contributed by atoms with E-state index in [0.717, 1.165) is 5.76 Å². The number of carbonyl (C=O) groups excluding carboxylic acids is 1. The monoisotopic (exact) mass is 235 g/mol. The van der Waals surface area contributed by atoms with E-state index in [1.165, 1.54) is 4.90 Å². The van der Waals surface area contributed by atoms with Gasteiger partial charge in [0.15, 0.2) is 0 Å². The number of nitrogens with zero attached hydrogens (tertiary/aromatic N) is 4. The van der Waals surface area contributed by atoms with E-state index in [-0.39, 0.29) is 11.7 Å². The molecule has 0 fully saturated rings. The molecule has 90 valence electrons. The summed E-state index contributed by atoms with van der Waals surface area (Å²) in [5, 5.41) is 10.3. The lowest BCUT2D eigenvalue weighted by atomic mass is 10.3. The van der Waals surface area contributed by atoms with Crippen molar-refractivity contribution in [1.29, 1.82) is 0 Å². The molecule has 2 aromatic heterocycles. The zero-order valence-electron chi connectivity index (χ0n) is 9.89. The molecule has 0 radical (unpaired) electrons. The predicted molar refractivity (Wildman–Crippen MR) is 58.2 cm³/mol. The number of nitrogens with one attached hydrogen (secondary N) is 1. The first kappa shape index (κ1) is 11.3. The van der Waals surface area contributed by atoms with Gasteiger partial charge in [-0.25, -0.2) is 4.98 Å². The number of H-pyrrole nitrogens is 1. The van der Waals surface area contributed by atoms with Crippen molar-refractivity contribution in [3.63, 3.8) is 0 Å². The second-order valence-corrected chi connectivity index (χ2v) is 3.83. The minimum atomic E-state index is -0.255. The van der Waals surface area contributed by atoms with Gasteiger partial charge >= 0.3 is 0 Å². The van der Waals surface area contributed by atoms with Crippen LogP contribution in [0.2, 0.25) is 0 Å². The van der Waals surface area contributed by atoms with E-state index in [0.29, 0.717) is 18.1 Å². The van der Waals surface area contributed by atoms with Gasteiger partial charge in [-0.05, 0) is 13.8 Å². The van der Waals surface area contributed by atoms with Crippen LogP contribution in [0.3, 0.4) is 0 Å². The van der Waals surface area contributed by atoms with E-state index in [2.05, 4.69) is 20.3 Å². The van der Waals surface area contributed by atoms with Crippen LogP contribution in [0.25, 0.3) is 0 Å². The molecule has 0 saturated carbocycles. The first-order valence-electron chi connectivity index (χ1n) is 5.13. The maximum atomic E-state index is 11.9. The van der Waals surface area contributed by atoms with Crippen LogP contribution < -0.4 is 0 Å². The molecule has 0 aliphatic rings. The van der Waals surface area contributed by atoms with Gasteiger partial charge in [-0.15, -0.1) is 5.10 Å². The maximum Gasteiger partial charge on any atom is 0.293 e. The van der Waals surface area contributed by atoms with Gasteiger partial charge in [0.2, 0.25) is 5.82 Å². The normalized spacial score (nSPS) is 10.5. The Morgan fingerprint density at radius 3 is 2.82 bits per heavy atom. The van der Waals surface area contributed by atoms with Crippen LogP contribution in [0, 0.1) is 13.8 Å². The minimum absolute atomic E-state index is 0.158. The summed E-state index contributed by atoms with van der Waals surface area (Å²) < 4.78 is 4.93. The summed E-state index contributed by atoms with van der Waals surface area (Å²) in [5.74, 6) is 1.23. The molecule has 1 amide bonds. The molecule has 7 heteroatoms. The highest BCUT2D eigenvalue weighted by molar-refractivity contribution is 5.90. The SMILES string of the molecule is Cc1nc(C(=O)N(C)Cc2cc(C)on2)n[nH]1. The number of hydrogen-bond acceptors (Lipinski definition) is 5. The van der Waals surface area contributed by atoms with Crippen LogP contribution in [-0.2, 0) is 6.54 Å². The molecule has 2 rings (SSSR count). The summed E-state index contributed by atoms with van der Waals surface area (Å²) in [7, 11) is 1.66. The summed E-state index contributed by atoms with van der Waals surface area (Å²) in [6.07, 6.45) is 0. The van der Waals surface area contributed by atoms with Crippen molar-refractivity contribution in [1.82, 2.24) is 25.2 Å². The number of amides is 1. The van der Waals surface area contributed by atoms with Crippen LogP contribution >= 0.6 is 0 Å². The van der Waals surface area contributed by atoms with Gasteiger partial charge in [0.1, 0.15) is 17.3 Å². The van der Waals surface area contributed by atoms with E-state index in [1.54, 1.807) is 27.0 Å². The van der Waals surface area contributed by atoms with Gasteiger partial charge in [-0.1, -0.05) is 5.16 Å². The molecule has 0 unspecified atom stereocenters. The fourth-order valence-corrected chi connectivity index (χ4v) is 1.42. The Balaban J connectivity index is 2.05. The Morgan fingerprint density at radius 2 is 2.29 bits per heavy atom. The van der Waals surface area contributed by atoms with Crippen molar-refractivity contribution in [2.45, 2.75) is 20.4 Å². The second-order valence-electron chi connectivity index (χ2n) is 3.83. The van der Waals surface area contributed by atoms with E-state index in [4.69, 9.17) is 4.52 Å². The summed E-state index contributed by atoms with van der Waals surface area (Å²) in [5.41, 5.74) is 0.700. The lowest BCUT2D eigenvalue weighted by Gasteiger charge is -2.12. The third-order valence-corrected chi connectivity index (χ3v) is 2.21. The highest BCUT2D eigenvalue weighted by Crippen LogP contribution is 2.06. The third-order valence-electron chi connectivity index (χ3n) is 2.21. The molecule has 0 bridgehead atoms. The predicted octanol–water partition coefficient (Wildman–Crippen LogP) is 0.682. The molecule has 0 aliphatic carbocycles. The van der Waals surface area contributed by atoms with Crippen molar-refractivity contribution in [3.8, 4) is 0 Å². The molecule has 17 heavy (non-hydrogen) atoms. The number of aromatic amines is 1. The molecule has 0 atom stereocenters. The number of hydrogen-bond donors (Lipinski definition) is 1. The topological polar surface area (TPSA) is 87.9 Å². The molecule has 0 aromatic carbocycles. The second kappa shape index (κ2) is 4.36. The smallest absolute Gasteiger partial charge is 0.293 e. The van der Waals surface area contributed by atoms with Gasteiger partial charge in [-0.3, -0.25) is 9.89 Å². The molecule has 7 nitrogen and oxygen atoms in total.